The van der Waals surface area contributed by atoms with Crippen LogP contribution in [0.3, 0.4) is 0 Å². The minimum absolute atomic E-state index is 0.0536. The molecule has 9 nitrogen and oxygen atoms in total. The van der Waals surface area contributed by atoms with Crippen LogP contribution in [0.1, 0.15) is 40.3 Å². The summed E-state index contributed by atoms with van der Waals surface area (Å²) in [4.78, 5) is 25.7. The van der Waals surface area contributed by atoms with Crippen LogP contribution in [-0.4, -0.2) is 46.6 Å². The van der Waals surface area contributed by atoms with Gasteiger partial charge in [0.05, 0.1) is 20.0 Å². The topological polar surface area (TPSA) is 105 Å². The number of anilines is 1. The Kier molecular flexibility index (Phi) is 9.85. The lowest BCUT2D eigenvalue weighted by Gasteiger charge is -2.16. The lowest BCUT2D eigenvalue weighted by Crippen LogP contribution is -2.17. The molecule has 0 bridgehead atoms. The molecule has 0 fully saturated rings. The van der Waals surface area contributed by atoms with E-state index >= 15 is 0 Å². The van der Waals surface area contributed by atoms with Gasteiger partial charge in [0.15, 0.2) is 17.1 Å². The van der Waals surface area contributed by atoms with Crippen molar-refractivity contribution in [2.75, 3.05) is 25.3 Å². The van der Waals surface area contributed by atoms with Crippen molar-refractivity contribution in [3.8, 4) is 22.6 Å². The van der Waals surface area contributed by atoms with E-state index in [1.54, 1.807) is 13.2 Å². The third-order valence-corrected chi connectivity index (χ3v) is 8.24. The highest BCUT2D eigenvalue weighted by molar-refractivity contribution is 7.99. The Morgan fingerprint density at radius 1 is 1.10 bits per heavy atom. The quantitative estimate of drug-likeness (QED) is 0.113. The monoisotopic (exact) mass is 592 g/mol. The van der Waals surface area contributed by atoms with Gasteiger partial charge in [-0.15, -0.1) is 28.1 Å². The fourth-order valence-corrected chi connectivity index (χ4v) is 5.81. The van der Waals surface area contributed by atoms with Gasteiger partial charge in [0, 0.05) is 17.5 Å². The molecule has 1 N–H and O–H groups in total. The Morgan fingerprint density at radius 2 is 1.83 bits per heavy atom. The van der Waals surface area contributed by atoms with Gasteiger partial charge in [-0.05, 0) is 61.7 Å². The van der Waals surface area contributed by atoms with Crippen molar-refractivity contribution in [2.24, 2.45) is 0 Å². The van der Waals surface area contributed by atoms with Gasteiger partial charge < -0.3 is 19.5 Å². The normalized spacial score (nSPS) is 11.5. The number of rotatable bonds is 12. The van der Waals surface area contributed by atoms with Crippen LogP contribution < -0.4 is 14.8 Å². The number of thioether (sulfide) groups is 1. The maximum Gasteiger partial charge on any atom is 0.341 e. The van der Waals surface area contributed by atoms with E-state index in [1.807, 2.05) is 66.3 Å². The Labute approximate surface area is 247 Å². The van der Waals surface area contributed by atoms with E-state index in [0.717, 1.165) is 16.9 Å². The zero-order valence-corrected chi connectivity index (χ0v) is 25.2. The summed E-state index contributed by atoms with van der Waals surface area (Å²) in [5.41, 5.74) is 4.10. The van der Waals surface area contributed by atoms with Gasteiger partial charge in [-0.2, -0.15) is 0 Å². The SMILES string of the molecule is C=CCn1c(SCC(=O)Nc2scc(-c3ccc(OC)cc3)c2C(=O)OC)nnc1C(C)Oc1ccc(C)c(C)c1. The number of benzene rings is 2. The van der Waals surface area contributed by atoms with E-state index in [9.17, 15) is 9.59 Å². The van der Waals surface area contributed by atoms with E-state index in [4.69, 9.17) is 14.2 Å². The minimum Gasteiger partial charge on any atom is -0.497 e. The first kappa shape index (κ1) is 29.9. The number of nitrogens with one attached hydrogen (secondary N) is 1. The second-order valence-electron chi connectivity index (χ2n) is 9.16. The zero-order valence-electron chi connectivity index (χ0n) is 23.6. The van der Waals surface area contributed by atoms with Crippen molar-refractivity contribution in [1.82, 2.24) is 14.8 Å². The first-order valence-electron chi connectivity index (χ1n) is 12.8. The summed E-state index contributed by atoms with van der Waals surface area (Å²) < 4.78 is 18.3. The summed E-state index contributed by atoms with van der Waals surface area (Å²) in [6.45, 7) is 10.3. The number of aromatic nitrogens is 3. The van der Waals surface area contributed by atoms with Crippen molar-refractivity contribution < 1.29 is 23.8 Å². The zero-order chi connectivity index (χ0) is 29.5. The van der Waals surface area contributed by atoms with E-state index in [-0.39, 0.29) is 17.8 Å². The van der Waals surface area contributed by atoms with Gasteiger partial charge in [0.2, 0.25) is 5.91 Å². The predicted octanol–water partition coefficient (Wildman–Crippen LogP) is 6.48. The molecular weight excluding hydrogens is 560 g/mol. The molecule has 214 valence electrons. The fourth-order valence-electron chi connectivity index (χ4n) is 4.08. The van der Waals surface area contributed by atoms with Crippen LogP contribution in [0.15, 0.2) is 65.7 Å². The number of allylic oxidation sites excluding steroid dienone is 1. The number of esters is 1. The van der Waals surface area contributed by atoms with Gasteiger partial charge in [0.25, 0.3) is 0 Å². The number of methoxy groups -OCH3 is 2. The van der Waals surface area contributed by atoms with Crippen LogP contribution in [0.2, 0.25) is 0 Å². The van der Waals surface area contributed by atoms with Crippen molar-refractivity contribution in [2.45, 2.75) is 38.6 Å². The molecule has 0 aliphatic heterocycles. The standard InChI is InChI=1S/C30H32N4O5S2/c1-7-14-34-27(20(4)39-23-11-8-18(2)19(3)15-23)32-33-30(34)41-17-25(35)31-28-26(29(36)38-6)24(16-40-28)21-9-12-22(37-5)13-10-21/h7-13,15-16,20H,1,14,17H2,2-6H3,(H,31,35). The molecule has 0 radical (unpaired) electrons. The van der Waals surface area contributed by atoms with Crippen LogP contribution in [0.25, 0.3) is 11.1 Å². The maximum atomic E-state index is 13.0. The van der Waals surface area contributed by atoms with Crippen molar-refractivity contribution in [3.63, 3.8) is 0 Å². The molecule has 41 heavy (non-hydrogen) atoms. The predicted molar refractivity (Wildman–Crippen MR) is 162 cm³/mol. The Balaban J connectivity index is 1.47. The number of carbonyl (C=O) groups excluding carboxylic acids is 2. The lowest BCUT2D eigenvalue weighted by atomic mass is 10.0. The van der Waals surface area contributed by atoms with Crippen molar-refractivity contribution in [3.05, 3.63) is 83.0 Å². The number of amides is 1. The third-order valence-electron chi connectivity index (χ3n) is 6.38. The molecule has 1 unspecified atom stereocenters. The average Bonchev–Trinajstić information content (AvgIpc) is 3.58. The molecular formula is C30H32N4O5S2. The molecule has 0 saturated carbocycles. The van der Waals surface area contributed by atoms with Gasteiger partial charge in [0.1, 0.15) is 22.1 Å². The maximum absolute atomic E-state index is 13.0. The largest absolute Gasteiger partial charge is 0.497 e. The minimum atomic E-state index is -0.534. The number of nitrogens with zero attached hydrogens (tertiary/aromatic N) is 3. The highest BCUT2D eigenvalue weighted by Gasteiger charge is 2.24. The number of ether oxygens (including phenoxy) is 3. The fraction of sp³-hybridized carbons (Fsp3) is 0.267. The average molecular weight is 593 g/mol. The summed E-state index contributed by atoms with van der Waals surface area (Å²) in [6, 6.07) is 13.3. The molecule has 0 aliphatic rings. The first-order chi connectivity index (χ1) is 19.7. The van der Waals surface area contributed by atoms with E-state index in [0.29, 0.717) is 39.4 Å². The summed E-state index contributed by atoms with van der Waals surface area (Å²) >= 11 is 2.50. The smallest absolute Gasteiger partial charge is 0.341 e. The molecule has 2 aromatic heterocycles. The Morgan fingerprint density at radius 3 is 2.49 bits per heavy atom. The number of aryl methyl sites for hydroxylation is 2. The second-order valence-corrected chi connectivity index (χ2v) is 11.0. The van der Waals surface area contributed by atoms with Crippen molar-refractivity contribution in [1.29, 1.82) is 0 Å². The van der Waals surface area contributed by atoms with E-state index in [1.165, 1.54) is 35.8 Å². The summed E-state index contributed by atoms with van der Waals surface area (Å²) in [5, 5.41) is 14.3. The molecule has 4 aromatic rings. The van der Waals surface area contributed by atoms with Gasteiger partial charge in [-0.1, -0.05) is 36.0 Å². The van der Waals surface area contributed by atoms with Gasteiger partial charge in [-0.3, -0.25) is 9.36 Å². The van der Waals surface area contributed by atoms with Crippen molar-refractivity contribution >= 4 is 40.0 Å². The molecule has 0 saturated heterocycles. The lowest BCUT2D eigenvalue weighted by molar-refractivity contribution is -0.113. The van der Waals surface area contributed by atoms with Gasteiger partial charge in [-0.25, -0.2) is 4.79 Å². The van der Waals surface area contributed by atoms with Crippen LogP contribution in [0.4, 0.5) is 5.00 Å². The van der Waals surface area contributed by atoms with Gasteiger partial charge >= 0.3 is 5.97 Å². The van der Waals surface area contributed by atoms with Crippen LogP contribution >= 0.6 is 23.1 Å². The Hall–Kier alpha value is -4.09. The van der Waals surface area contributed by atoms with E-state index in [2.05, 4.69) is 29.0 Å². The second kappa shape index (κ2) is 13.5. The summed E-state index contributed by atoms with van der Waals surface area (Å²) in [7, 11) is 2.90. The summed E-state index contributed by atoms with van der Waals surface area (Å²) in [6.07, 6.45) is 1.37. The van der Waals surface area contributed by atoms with E-state index < -0.39 is 5.97 Å². The molecule has 2 aromatic carbocycles. The molecule has 11 heteroatoms. The Bertz CT molecular complexity index is 1540. The number of hydrogen-bond acceptors (Lipinski definition) is 9. The number of thiophene rings is 1. The number of hydrogen-bond donors (Lipinski definition) is 1. The summed E-state index contributed by atoms with van der Waals surface area (Å²) in [5.74, 6) is 1.30. The molecule has 0 aliphatic carbocycles. The van der Waals surface area contributed by atoms with Crippen LogP contribution in [0, 0.1) is 13.8 Å². The highest BCUT2D eigenvalue weighted by Crippen LogP contribution is 2.37. The third kappa shape index (κ3) is 6.98. The number of carbonyl (C=O) groups is 2. The van der Waals surface area contributed by atoms with Crippen LogP contribution in [0.5, 0.6) is 11.5 Å². The molecule has 4 rings (SSSR count). The molecule has 2 heterocycles. The molecule has 1 amide bonds. The highest BCUT2D eigenvalue weighted by atomic mass is 32.2. The molecule has 1 atom stereocenters. The van der Waals surface area contributed by atoms with Crippen LogP contribution in [-0.2, 0) is 16.1 Å². The first-order valence-corrected chi connectivity index (χ1v) is 14.7. The molecule has 0 spiro atoms.